The molecule has 0 bridgehead atoms. The number of aromatic nitrogens is 3. The SMILES string of the molecule is Cc1cc(C)n(CC(=O)N[C@@H](c2cnc3ccccc3c2)C2CC(O)C2)n1. The van der Waals surface area contributed by atoms with Gasteiger partial charge in [0, 0.05) is 17.3 Å². The van der Waals surface area contributed by atoms with Gasteiger partial charge in [0.15, 0.2) is 0 Å². The van der Waals surface area contributed by atoms with Crippen LogP contribution in [0.25, 0.3) is 10.9 Å². The van der Waals surface area contributed by atoms with Crippen LogP contribution in [0.1, 0.15) is 35.8 Å². The first-order valence-electron chi connectivity index (χ1n) is 9.33. The van der Waals surface area contributed by atoms with Crippen molar-refractivity contribution < 1.29 is 9.90 Å². The number of aryl methyl sites for hydroxylation is 2. The zero-order chi connectivity index (χ0) is 19.0. The third kappa shape index (κ3) is 3.71. The summed E-state index contributed by atoms with van der Waals surface area (Å²) in [6, 6.07) is 11.8. The number of amides is 1. The van der Waals surface area contributed by atoms with Crippen LogP contribution in [0.4, 0.5) is 0 Å². The third-order valence-corrected chi connectivity index (χ3v) is 5.31. The average molecular weight is 364 g/mol. The number of carbonyl (C=O) groups excluding carboxylic acids is 1. The van der Waals surface area contributed by atoms with E-state index in [1.54, 1.807) is 4.68 Å². The Hall–Kier alpha value is -2.73. The second-order valence-electron chi connectivity index (χ2n) is 7.48. The van der Waals surface area contributed by atoms with Crippen LogP contribution in [0.2, 0.25) is 0 Å². The van der Waals surface area contributed by atoms with E-state index in [1.165, 1.54) is 0 Å². The van der Waals surface area contributed by atoms with Crippen LogP contribution in [0, 0.1) is 19.8 Å². The monoisotopic (exact) mass is 364 g/mol. The Bertz CT molecular complexity index is 975. The highest BCUT2D eigenvalue weighted by molar-refractivity contribution is 5.80. The van der Waals surface area contributed by atoms with Crippen LogP contribution in [0.15, 0.2) is 42.6 Å². The number of aliphatic hydroxyl groups is 1. The van der Waals surface area contributed by atoms with Gasteiger partial charge >= 0.3 is 0 Å². The molecule has 3 aromatic rings. The van der Waals surface area contributed by atoms with Crippen molar-refractivity contribution in [2.24, 2.45) is 5.92 Å². The Kier molecular flexibility index (Phi) is 4.66. The minimum Gasteiger partial charge on any atom is -0.393 e. The molecule has 140 valence electrons. The lowest BCUT2D eigenvalue weighted by Gasteiger charge is -2.38. The highest BCUT2D eigenvalue weighted by Gasteiger charge is 2.36. The number of nitrogens with zero attached hydrogens (tertiary/aromatic N) is 3. The number of benzene rings is 1. The minimum absolute atomic E-state index is 0.0826. The standard InChI is InChI=1S/C21H24N4O2/c1-13-7-14(2)25(24-13)12-20(27)23-21(16-9-18(26)10-16)17-8-15-5-3-4-6-19(15)22-11-17/h3-8,11,16,18,21,26H,9-10,12H2,1-2H3,(H,23,27)/t16?,18?,21-/m1/s1. The number of aliphatic hydroxyl groups excluding tert-OH is 1. The van der Waals surface area contributed by atoms with E-state index in [4.69, 9.17) is 0 Å². The highest BCUT2D eigenvalue weighted by atomic mass is 16.3. The third-order valence-electron chi connectivity index (χ3n) is 5.31. The number of carbonyl (C=O) groups is 1. The minimum atomic E-state index is -0.279. The van der Waals surface area contributed by atoms with E-state index in [-0.39, 0.29) is 30.5 Å². The zero-order valence-corrected chi connectivity index (χ0v) is 15.6. The van der Waals surface area contributed by atoms with E-state index in [0.717, 1.165) is 27.9 Å². The topological polar surface area (TPSA) is 80.0 Å². The van der Waals surface area contributed by atoms with Crippen molar-refractivity contribution in [3.8, 4) is 0 Å². The Morgan fingerprint density at radius 1 is 1.30 bits per heavy atom. The molecule has 0 radical (unpaired) electrons. The number of hydrogen-bond donors (Lipinski definition) is 2. The van der Waals surface area contributed by atoms with Gasteiger partial charge in [-0.3, -0.25) is 14.5 Å². The normalized spacial score (nSPS) is 20.3. The quantitative estimate of drug-likeness (QED) is 0.729. The molecule has 0 unspecified atom stereocenters. The van der Waals surface area contributed by atoms with Gasteiger partial charge in [-0.15, -0.1) is 0 Å². The fourth-order valence-electron chi connectivity index (χ4n) is 3.82. The molecule has 6 heteroatoms. The molecule has 6 nitrogen and oxygen atoms in total. The Morgan fingerprint density at radius 2 is 2.07 bits per heavy atom. The van der Waals surface area contributed by atoms with Crippen molar-refractivity contribution >= 4 is 16.8 Å². The van der Waals surface area contributed by atoms with Crippen molar-refractivity contribution in [3.63, 3.8) is 0 Å². The molecule has 1 saturated carbocycles. The number of para-hydroxylation sites is 1. The molecule has 1 fully saturated rings. The molecule has 2 N–H and O–H groups in total. The van der Waals surface area contributed by atoms with Gasteiger partial charge in [0.05, 0.1) is 23.4 Å². The second kappa shape index (κ2) is 7.12. The van der Waals surface area contributed by atoms with Crippen LogP contribution in [0.5, 0.6) is 0 Å². The molecular formula is C21H24N4O2. The zero-order valence-electron chi connectivity index (χ0n) is 15.6. The highest BCUT2D eigenvalue weighted by Crippen LogP contribution is 2.38. The summed E-state index contributed by atoms with van der Waals surface area (Å²) in [7, 11) is 0. The molecule has 1 aliphatic carbocycles. The summed E-state index contributed by atoms with van der Waals surface area (Å²) in [4.78, 5) is 17.2. The van der Waals surface area contributed by atoms with Crippen molar-refractivity contribution in [2.75, 3.05) is 0 Å². The van der Waals surface area contributed by atoms with Crippen LogP contribution in [0.3, 0.4) is 0 Å². The smallest absolute Gasteiger partial charge is 0.242 e. The fraction of sp³-hybridized carbons (Fsp3) is 0.381. The molecule has 0 saturated heterocycles. The summed E-state index contributed by atoms with van der Waals surface area (Å²) in [5.74, 6) is 0.133. The van der Waals surface area contributed by atoms with E-state index >= 15 is 0 Å². The number of nitrogens with one attached hydrogen (secondary N) is 1. The van der Waals surface area contributed by atoms with E-state index in [0.29, 0.717) is 12.8 Å². The lowest BCUT2D eigenvalue weighted by atomic mass is 9.75. The van der Waals surface area contributed by atoms with Gasteiger partial charge in [-0.2, -0.15) is 5.10 Å². The van der Waals surface area contributed by atoms with Gasteiger partial charge in [-0.05, 0) is 56.4 Å². The molecule has 0 aliphatic heterocycles. The maximum atomic E-state index is 12.7. The predicted molar refractivity (Wildman–Crippen MR) is 103 cm³/mol. The van der Waals surface area contributed by atoms with Crippen molar-refractivity contribution in [1.29, 1.82) is 0 Å². The lowest BCUT2D eigenvalue weighted by molar-refractivity contribution is -0.123. The first-order chi connectivity index (χ1) is 13.0. The Balaban J connectivity index is 1.56. The molecule has 2 aromatic heterocycles. The summed E-state index contributed by atoms with van der Waals surface area (Å²) >= 11 is 0. The molecule has 0 spiro atoms. The molecule has 1 amide bonds. The van der Waals surface area contributed by atoms with Gasteiger partial charge in [-0.25, -0.2) is 0 Å². The molecular weight excluding hydrogens is 340 g/mol. The summed E-state index contributed by atoms with van der Waals surface area (Å²) in [5, 5.41) is 18.3. The van der Waals surface area contributed by atoms with Gasteiger partial charge in [0.1, 0.15) is 6.54 Å². The molecule has 27 heavy (non-hydrogen) atoms. The van der Waals surface area contributed by atoms with Gasteiger partial charge in [0.2, 0.25) is 5.91 Å². The first kappa shape index (κ1) is 17.7. The van der Waals surface area contributed by atoms with Crippen molar-refractivity contribution in [1.82, 2.24) is 20.1 Å². The van der Waals surface area contributed by atoms with Crippen LogP contribution in [-0.4, -0.2) is 31.9 Å². The molecule has 1 aromatic carbocycles. The Labute approximate surface area is 158 Å². The van der Waals surface area contributed by atoms with E-state index in [1.807, 2.05) is 50.4 Å². The lowest BCUT2D eigenvalue weighted by Crippen LogP contribution is -2.42. The van der Waals surface area contributed by atoms with Gasteiger partial charge in [0.25, 0.3) is 0 Å². The summed E-state index contributed by atoms with van der Waals surface area (Å²) in [5.41, 5.74) is 3.78. The number of pyridine rings is 1. The maximum absolute atomic E-state index is 12.7. The fourth-order valence-corrected chi connectivity index (χ4v) is 3.82. The molecule has 2 heterocycles. The number of fused-ring (bicyclic) bond motifs is 1. The van der Waals surface area contributed by atoms with Crippen LogP contribution < -0.4 is 5.32 Å². The Morgan fingerprint density at radius 3 is 2.78 bits per heavy atom. The molecule has 1 aliphatic rings. The summed E-state index contributed by atoms with van der Waals surface area (Å²) in [6.45, 7) is 4.05. The van der Waals surface area contributed by atoms with E-state index in [2.05, 4.69) is 21.5 Å². The van der Waals surface area contributed by atoms with Gasteiger partial charge < -0.3 is 10.4 Å². The van der Waals surface area contributed by atoms with Crippen LogP contribution in [-0.2, 0) is 11.3 Å². The molecule has 1 atom stereocenters. The number of hydrogen-bond acceptors (Lipinski definition) is 4. The van der Waals surface area contributed by atoms with Crippen molar-refractivity contribution in [2.45, 2.75) is 45.4 Å². The second-order valence-corrected chi connectivity index (χ2v) is 7.48. The summed E-state index contributed by atoms with van der Waals surface area (Å²) < 4.78 is 1.72. The largest absolute Gasteiger partial charge is 0.393 e. The maximum Gasteiger partial charge on any atom is 0.242 e. The van der Waals surface area contributed by atoms with Crippen LogP contribution >= 0.6 is 0 Å². The average Bonchev–Trinajstić information content (AvgIpc) is 2.94. The number of rotatable bonds is 5. The summed E-state index contributed by atoms with van der Waals surface area (Å²) in [6.07, 6.45) is 2.94. The predicted octanol–water partition coefficient (Wildman–Crippen LogP) is 2.68. The molecule has 4 rings (SSSR count). The van der Waals surface area contributed by atoms with Gasteiger partial charge in [-0.1, -0.05) is 18.2 Å². The first-order valence-corrected chi connectivity index (χ1v) is 9.33. The van der Waals surface area contributed by atoms with Crippen molar-refractivity contribution in [3.05, 3.63) is 59.5 Å². The van der Waals surface area contributed by atoms with E-state index < -0.39 is 0 Å². The van der Waals surface area contributed by atoms with E-state index in [9.17, 15) is 9.90 Å².